The Hall–Kier alpha value is -2.90. The van der Waals surface area contributed by atoms with Gasteiger partial charge in [0.15, 0.2) is 0 Å². The van der Waals surface area contributed by atoms with Gasteiger partial charge in [-0.1, -0.05) is 5.16 Å². The van der Waals surface area contributed by atoms with Crippen molar-refractivity contribution >= 4 is 17.0 Å². The van der Waals surface area contributed by atoms with Gasteiger partial charge in [0.2, 0.25) is 0 Å². The molecule has 4 rings (SSSR count). The number of pyridine rings is 1. The van der Waals surface area contributed by atoms with Gasteiger partial charge in [-0.2, -0.15) is 0 Å². The number of aromatic nitrogens is 2. The van der Waals surface area contributed by atoms with E-state index in [2.05, 4.69) is 15.5 Å². The number of amides is 1. The monoisotopic (exact) mass is 361 g/mol. The van der Waals surface area contributed by atoms with Crippen LogP contribution in [0.5, 0.6) is 0 Å². The van der Waals surface area contributed by atoms with E-state index in [1.54, 1.807) is 6.07 Å². The lowest BCUT2D eigenvalue weighted by atomic mass is 10.0. The molecule has 2 aromatic heterocycles. The summed E-state index contributed by atoms with van der Waals surface area (Å²) in [6, 6.07) is 7.13. The number of carbonyl (C=O) groups is 1. The van der Waals surface area contributed by atoms with Crippen molar-refractivity contribution in [1.82, 2.24) is 15.5 Å². The highest BCUT2D eigenvalue weighted by Gasteiger charge is 2.29. The highest BCUT2D eigenvalue weighted by atomic mass is 19.3. The minimum atomic E-state index is -2.65. The van der Waals surface area contributed by atoms with Crippen molar-refractivity contribution in [1.29, 1.82) is 0 Å². The lowest BCUT2D eigenvalue weighted by Gasteiger charge is -2.08. The van der Waals surface area contributed by atoms with Gasteiger partial charge in [0, 0.05) is 17.2 Å². The van der Waals surface area contributed by atoms with Gasteiger partial charge in [-0.25, -0.2) is 18.2 Å². The Kier molecular flexibility index (Phi) is 4.10. The Morgan fingerprint density at radius 2 is 2.00 bits per heavy atom. The number of benzene rings is 1. The molecule has 1 fully saturated rings. The van der Waals surface area contributed by atoms with Crippen LogP contribution < -0.4 is 5.32 Å². The molecule has 1 aromatic carbocycles. The molecular formula is C18H14F3N3O2. The van der Waals surface area contributed by atoms with E-state index in [1.165, 1.54) is 24.3 Å². The Morgan fingerprint density at radius 3 is 2.65 bits per heavy atom. The van der Waals surface area contributed by atoms with E-state index in [0.29, 0.717) is 22.3 Å². The second-order valence-electron chi connectivity index (χ2n) is 6.19. The van der Waals surface area contributed by atoms with Crippen LogP contribution >= 0.6 is 0 Å². The fraction of sp³-hybridized carbons (Fsp3) is 0.278. The molecule has 1 aliphatic carbocycles. The Balaban J connectivity index is 1.84. The first-order chi connectivity index (χ1) is 12.5. The van der Waals surface area contributed by atoms with E-state index in [4.69, 9.17) is 4.52 Å². The summed E-state index contributed by atoms with van der Waals surface area (Å²) in [6.07, 6.45) is -0.747. The molecule has 0 radical (unpaired) electrons. The standard InChI is InChI=1S/C18H14F3N3O2/c19-11-5-3-10(4-6-11)16-15-12(17(25)22-8-14(20)21)7-13(9-1-2-9)23-18(15)26-24-16/h3-7,9,14H,1-2,8H2,(H,22,25). The second kappa shape index (κ2) is 6.44. The van der Waals surface area contributed by atoms with Crippen molar-refractivity contribution in [2.24, 2.45) is 0 Å². The maximum Gasteiger partial charge on any atom is 0.259 e. The van der Waals surface area contributed by atoms with E-state index < -0.39 is 24.7 Å². The molecule has 1 saturated carbocycles. The Bertz CT molecular complexity index is 966. The van der Waals surface area contributed by atoms with Crippen LogP contribution in [0.25, 0.3) is 22.4 Å². The summed E-state index contributed by atoms with van der Waals surface area (Å²) in [5, 5.41) is 6.50. The van der Waals surface area contributed by atoms with Gasteiger partial charge in [0.05, 0.1) is 17.5 Å². The number of carbonyl (C=O) groups excluding carboxylic acids is 1. The Morgan fingerprint density at radius 1 is 1.27 bits per heavy atom. The van der Waals surface area contributed by atoms with Crippen LogP contribution in [-0.2, 0) is 0 Å². The number of alkyl halides is 2. The van der Waals surface area contributed by atoms with Crippen molar-refractivity contribution in [3.05, 3.63) is 47.4 Å². The molecule has 3 aromatic rings. The van der Waals surface area contributed by atoms with Crippen molar-refractivity contribution in [3.63, 3.8) is 0 Å². The highest BCUT2D eigenvalue weighted by Crippen LogP contribution is 2.41. The first-order valence-electron chi connectivity index (χ1n) is 8.15. The first-order valence-corrected chi connectivity index (χ1v) is 8.15. The molecule has 0 aliphatic heterocycles. The topological polar surface area (TPSA) is 68.0 Å². The van der Waals surface area contributed by atoms with E-state index in [1.807, 2.05) is 0 Å². The number of nitrogens with zero attached hydrogens (tertiary/aromatic N) is 2. The largest absolute Gasteiger partial charge is 0.346 e. The van der Waals surface area contributed by atoms with Crippen molar-refractivity contribution in [2.45, 2.75) is 25.2 Å². The third-order valence-corrected chi connectivity index (χ3v) is 4.24. The van der Waals surface area contributed by atoms with Gasteiger partial charge in [0.1, 0.15) is 11.5 Å². The number of fused-ring (bicyclic) bond motifs is 1. The van der Waals surface area contributed by atoms with Crippen LogP contribution in [-0.4, -0.2) is 29.0 Å². The third kappa shape index (κ3) is 3.14. The molecule has 134 valence electrons. The number of halogens is 3. The zero-order valence-electron chi connectivity index (χ0n) is 13.5. The van der Waals surface area contributed by atoms with E-state index in [-0.39, 0.29) is 17.2 Å². The second-order valence-corrected chi connectivity index (χ2v) is 6.19. The molecule has 0 bridgehead atoms. The molecule has 26 heavy (non-hydrogen) atoms. The van der Waals surface area contributed by atoms with Crippen LogP contribution in [0.15, 0.2) is 34.9 Å². The van der Waals surface area contributed by atoms with Crippen LogP contribution in [0.2, 0.25) is 0 Å². The zero-order valence-corrected chi connectivity index (χ0v) is 13.5. The molecule has 0 saturated heterocycles. The van der Waals surface area contributed by atoms with Gasteiger partial charge in [-0.3, -0.25) is 4.79 Å². The Labute approximate surface area is 146 Å². The molecule has 1 aliphatic rings. The van der Waals surface area contributed by atoms with Gasteiger partial charge >= 0.3 is 0 Å². The minimum absolute atomic E-state index is 0.163. The van der Waals surface area contributed by atoms with Crippen LogP contribution in [0.3, 0.4) is 0 Å². The number of rotatable bonds is 5. The van der Waals surface area contributed by atoms with Gasteiger partial charge in [0.25, 0.3) is 18.0 Å². The molecule has 5 nitrogen and oxygen atoms in total. The van der Waals surface area contributed by atoms with Gasteiger partial charge < -0.3 is 9.84 Å². The molecule has 0 unspecified atom stereocenters. The molecule has 2 heterocycles. The fourth-order valence-corrected chi connectivity index (χ4v) is 2.81. The maximum absolute atomic E-state index is 13.2. The van der Waals surface area contributed by atoms with Crippen LogP contribution in [0, 0.1) is 5.82 Å². The SMILES string of the molecule is O=C(NCC(F)F)c1cc(C2CC2)nc2onc(-c3ccc(F)cc3)c12. The molecular weight excluding hydrogens is 347 g/mol. The minimum Gasteiger partial charge on any atom is -0.346 e. The quantitative estimate of drug-likeness (QED) is 0.748. The van der Waals surface area contributed by atoms with E-state index in [9.17, 15) is 18.0 Å². The highest BCUT2D eigenvalue weighted by molar-refractivity contribution is 6.09. The van der Waals surface area contributed by atoms with Crippen molar-refractivity contribution < 1.29 is 22.5 Å². The smallest absolute Gasteiger partial charge is 0.259 e. The number of nitrogens with one attached hydrogen (secondary N) is 1. The summed E-state index contributed by atoms with van der Waals surface area (Å²) in [7, 11) is 0. The summed E-state index contributed by atoms with van der Waals surface area (Å²) in [5.41, 5.74) is 1.88. The summed E-state index contributed by atoms with van der Waals surface area (Å²) >= 11 is 0. The molecule has 0 atom stereocenters. The normalized spacial score (nSPS) is 14.2. The lowest BCUT2D eigenvalue weighted by Crippen LogP contribution is -2.28. The van der Waals surface area contributed by atoms with Crippen LogP contribution in [0.1, 0.15) is 34.8 Å². The molecule has 1 N–H and O–H groups in total. The maximum atomic E-state index is 13.2. The summed E-state index contributed by atoms with van der Waals surface area (Å²) in [4.78, 5) is 16.9. The van der Waals surface area contributed by atoms with E-state index in [0.717, 1.165) is 12.8 Å². The average molecular weight is 361 g/mol. The van der Waals surface area contributed by atoms with Gasteiger partial charge in [-0.05, 0) is 43.2 Å². The molecule has 1 amide bonds. The predicted molar refractivity (Wildman–Crippen MR) is 87.5 cm³/mol. The van der Waals surface area contributed by atoms with Gasteiger partial charge in [-0.15, -0.1) is 0 Å². The first kappa shape index (κ1) is 16.6. The lowest BCUT2D eigenvalue weighted by molar-refractivity contribution is 0.0893. The van der Waals surface area contributed by atoms with Crippen molar-refractivity contribution in [2.75, 3.05) is 6.54 Å². The third-order valence-electron chi connectivity index (χ3n) is 4.24. The predicted octanol–water partition coefficient (Wildman–Crippen LogP) is 3.90. The summed E-state index contributed by atoms with van der Waals surface area (Å²) in [5.74, 6) is -0.822. The molecule has 8 heteroatoms. The number of hydrogen-bond acceptors (Lipinski definition) is 4. The van der Waals surface area contributed by atoms with Crippen LogP contribution in [0.4, 0.5) is 13.2 Å². The number of hydrogen-bond donors (Lipinski definition) is 1. The summed E-state index contributed by atoms with van der Waals surface area (Å²) in [6.45, 7) is -0.751. The summed E-state index contributed by atoms with van der Waals surface area (Å²) < 4.78 is 43.4. The molecule has 0 spiro atoms. The average Bonchev–Trinajstić information content (AvgIpc) is 3.39. The zero-order chi connectivity index (χ0) is 18.3. The van der Waals surface area contributed by atoms with E-state index >= 15 is 0 Å². The van der Waals surface area contributed by atoms with Crippen molar-refractivity contribution in [3.8, 4) is 11.3 Å². The fourth-order valence-electron chi connectivity index (χ4n) is 2.81.